The molecule has 0 aliphatic heterocycles. The van der Waals surface area contributed by atoms with Crippen molar-refractivity contribution >= 4 is 28.6 Å². The van der Waals surface area contributed by atoms with Crippen molar-refractivity contribution < 1.29 is 9.53 Å². The van der Waals surface area contributed by atoms with Crippen molar-refractivity contribution in [2.45, 2.75) is 0 Å². The minimum atomic E-state index is -0.388. The zero-order valence-corrected chi connectivity index (χ0v) is 12.4. The van der Waals surface area contributed by atoms with Gasteiger partial charge >= 0.3 is 5.97 Å². The van der Waals surface area contributed by atoms with Gasteiger partial charge in [-0.25, -0.2) is 9.78 Å². The van der Waals surface area contributed by atoms with Gasteiger partial charge in [-0.3, -0.25) is 0 Å². The van der Waals surface area contributed by atoms with E-state index in [0.717, 1.165) is 16.6 Å². The average Bonchev–Trinajstić information content (AvgIpc) is 2.95. The van der Waals surface area contributed by atoms with E-state index in [2.05, 4.69) is 16.5 Å². The minimum absolute atomic E-state index is 0.187. The monoisotopic (exact) mass is 312 g/mol. The highest BCUT2D eigenvalue weighted by molar-refractivity contribution is 6.31. The molecule has 1 heterocycles. The Hall–Kier alpha value is -2.59. The van der Waals surface area contributed by atoms with Crippen molar-refractivity contribution in [3.63, 3.8) is 0 Å². The van der Waals surface area contributed by atoms with Gasteiger partial charge in [0.1, 0.15) is 12.4 Å². The van der Waals surface area contributed by atoms with E-state index in [-0.39, 0.29) is 12.6 Å². The van der Waals surface area contributed by atoms with Crippen molar-refractivity contribution in [3.8, 4) is 11.4 Å². The number of ether oxygens (including phenoxy) is 1. The summed E-state index contributed by atoms with van der Waals surface area (Å²) in [6.45, 7) is 3.71. The number of halogens is 1. The third-order valence-corrected chi connectivity index (χ3v) is 3.38. The number of esters is 1. The molecule has 0 radical (unpaired) electrons. The van der Waals surface area contributed by atoms with E-state index in [9.17, 15) is 4.79 Å². The first-order chi connectivity index (χ1) is 10.7. The maximum Gasteiger partial charge on any atom is 0.338 e. The summed E-state index contributed by atoms with van der Waals surface area (Å²) in [6.07, 6.45) is 1.53. The summed E-state index contributed by atoms with van der Waals surface area (Å²) in [6, 6.07) is 12.6. The Morgan fingerprint density at radius 1 is 1.32 bits per heavy atom. The average molecular weight is 313 g/mol. The first kappa shape index (κ1) is 14.4. The van der Waals surface area contributed by atoms with Gasteiger partial charge in [0.2, 0.25) is 0 Å². The Bertz CT molecular complexity index is 855. The molecule has 1 N–H and O–H groups in total. The number of benzene rings is 2. The second-order valence-electron chi connectivity index (χ2n) is 4.71. The summed E-state index contributed by atoms with van der Waals surface area (Å²) in [5.74, 6) is 0.288. The van der Waals surface area contributed by atoms with Crippen LogP contribution in [0.4, 0.5) is 0 Å². The smallest absolute Gasteiger partial charge is 0.338 e. The second kappa shape index (κ2) is 6.03. The predicted molar refractivity (Wildman–Crippen MR) is 87.0 cm³/mol. The molecule has 0 spiro atoms. The molecule has 0 aliphatic carbocycles. The Kier molecular flexibility index (Phi) is 3.94. The molecule has 0 amide bonds. The zero-order chi connectivity index (χ0) is 15.5. The van der Waals surface area contributed by atoms with Crippen LogP contribution in [0.1, 0.15) is 10.4 Å². The van der Waals surface area contributed by atoms with Gasteiger partial charge in [0.05, 0.1) is 16.6 Å². The van der Waals surface area contributed by atoms with Crippen molar-refractivity contribution in [2.75, 3.05) is 6.61 Å². The van der Waals surface area contributed by atoms with Crippen LogP contribution in [0.3, 0.4) is 0 Å². The Labute approximate surface area is 132 Å². The van der Waals surface area contributed by atoms with E-state index < -0.39 is 0 Å². The number of nitrogens with one attached hydrogen (secondary N) is 1. The number of rotatable bonds is 4. The molecule has 0 saturated carbocycles. The molecule has 1 aromatic heterocycles. The van der Waals surface area contributed by atoms with Crippen molar-refractivity contribution in [3.05, 3.63) is 65.7 Å². The number of imidazole rings is 1. The van der Waals surface area contributed by atoms with E-state index in [1.54, 1.807) is 24.3 Å². The van der Waals surface area contributed by atoms with Crippen LogP contribution in [-0.2, 0) is 4.74 Å². The van der Waals surface area contributed by atoms with Gasteiger partial charge in [-0.05, 0) is 30.3 Å². The summed E-state index contributed by atoms with van der Waals surface area (Å²) in [5, 5.41) is 0.643. The summed E-state index contributed by atoms with van der Waals surface area (Å²) in [7, 11) is 0. The number of hydrogen-bond donors (Lipinski definition) is 1. The number of nitrogens with zero attached hydrogens (tertiary/aromatic N) is 1. The topological polar surface area (TPSA) is 55.0 Å². The number of carbonyl (C=O) groups excluding carboxylic acids is 1. The van der Waals surface area contributed by atoms with Crippen LogP contribution < -0.4 is 0 Å². The third kappa shape index (κ3) is 2.87. The Morgan fingerprint density at radius 2 is 2.18 bits per heavy atom. The van der Waals surface area contributed by atoms with Crippen molar-refractivity contribution in [1.29, 1.82) is 0 Å². The van der Waals surface area contributed by atoms with E-state index in [0.29, 0.717) is 16.4 Å². The maximum atomic E-state index is 11.9. The molecule has 0 aliphatic rings. The molecular weight excluding hydrogens is 300 g/mol. The standard InChI is InChI=1S/C17H13ClN2O2/c1-2-8-22-17(21)12-5-3-4-11(9-12)16-19-14-7-6-13(18)10-15(14)20-16/h2-7,9-10H,1,8H2,(H,19,20). The van der Waals surface area contributed by atoms with Gasteiger partial charge in [0.15, 0.2) is 0 Å². The van der Waals surface area contributed by atoms with Crippen LogP contribution in [0, 0.1) is 0 Å². The lowest BCUT2D eigenvalue weighted by Crippen LogP contribution is -2.04. The van der Waals surface area contributed by atoms with E-state index in [1.165, 1.54) is 6.08 Å². The summed E-state index contributed by atoms with van der Waals surface area (Å²) >= 11 is 5.97. The zero-order valence-electron chi connectivity index (χ0n) is 11.7. The van der Waals surface area contributed by atoms with E-state index in [4.69, 9.17) is 16.3 Å². The first-order valence-electron chi connectivity index (χ1n) is 6.71. The number of H-pyrrole nitrogens is 1. The number of fused-ring (bicyclic) bond motifs is 1. The molecule has 0 unspecified atom stereocenters. The molecular formula is C17H13ClN2O2. The molecule has 22 heavy (non-hydrogen) atoms. The summed E-state index contributed by atoms with van der Waals surface area (Å²) in [5.41, 5.74) is 2.94. The highest BCUT2D eigenvalue weighted by atomic mass is 35.5. The molecule has 3 rings (SSSR count). The Morgan fingerprint density at radius 3 is 3.00 bits per heavy atom. The largest absolute Gasteiger partial charge is 0.458 e. The number of hydrogen-bond acceptors (Lipinski definition) is 3. The normalized spacial score (nSPS) is 10.6. The van der Waals surface area contributed by atoms with Gasteiger partial charge < -0.3 is 9.72 Å². The number of aromatic amines is 1. The number of aromatic nitrogens is 2. The van der Waals surface area contributed by atoms with Gasteiger partial charge in [-0.15, -0.1) is 0 Å². The molecule has 0 fully saturated rings. The fourth-order valence-electron chi connectivity index (χ4n) is 2.13. The van der Waals surface area contributed by atoms with Gasteiger partial charge in [0, 0.05) is 10.6 Å². The molecule has 0 saturated heterocycles. The van der Waals surface area contributed by atoms with Gasteiger partial charge in [0.25, 0.3) is 0 Å². The molecule has 4 nitrogen and oxygen atoms in total. The number of carbonyl (C=O) groups is 1. The molecule has 5 heteroatoms. The highest BCUT2D eigenvalue weighted by Gasteiger charge is 2.10. The summed E-state index contributed by atoms with van der Waals surface area (Å²) in [4.78, 5) is 19.6. The maximum absolute atomic E-state index is 11.9. The van der Waals surface area contributed by atoms with Crippen LogP contribution in [-0.4, -0.2) is 22.5 Å². The van der Waals surface area contributed by atoms with Crippen LogP contribution in [0.5, 0.6) is 0 Å². The Balaban J connectivity index is 1.96. The molecule has 0 bridgehead atoms. The fraction of sp³-hybridized carbons (Fsp3) is 0.0588. The van der Waals surface area contributed by atoms with Crippen LogP contribution in [0.25, 0.3) is 22.4 Å². The quantitative estimate of drug-likeness (QED) is 0.579. The molecule has 2 aromatic carbocycles. The molecule has 110 valence electrons. The highest BCUT2D eigenvalue weighted by Crippen LogP contribution is 2.23. The molecule has 0 atom stereocenters. The predicted octanol–water partition coefficient (Wildman–Crippen LogP) is 4.23. The lowest BCUT2D eigenvalue weighted by molar-refractivity contribution is 0.0550. The minimum Gasteiger partial charge on any atom is -0.458 e. The van der Waals surface area contributed by atoms with Crippen LogP contribution in [0.2, 0.25) is 5.02 Å². The summed E-state index contributed by atoms with van der Waals surface area (Å²) < 4.78 is 5.04. The van der Waals surface area contributed by atoms with Crippen molar-refractivity contribution in [2.24, 2.45) is 0 Å². The lowest BCUT2D eigenvalue weighted by atomic mass is 10.1. The third-order valence-electron chi connectivity index (χ3n) is 3.15. The van der Waals surface area contributed by atoms with Gasteiger partial charge in [-0.2, -0.15) is 0 Å². The van der Waals surface area contributed by atoms with E-state index in [1.807, 2.05) is 18.2 Å². The second-order valence-corrected chi connectivity index (χ2v) is 5.15. The van der Waals surface area contributed by atoms with Crippen LogP contribution in [0.15, 0.2) is 55.1 Å². The van der Waals surface area contributed by atoms with Crippen LogP contribution >= 0.6 is 11.6 Å². The lowest BCUT2D eigenvalue weighted by Gasteiger charge is -2.03. The molecule has 3 aromatic rings. The SMILES string of the molecule is C=CCOC(=O)c1cccc(-c2nc3ccc(Cl)cc3[nH]2)c1. The first-order valence-corrected chi connectivity index (χ1v) is 7.09. The van der Waals surface area contributed by atoms with E-state index >= 15 is 0 Å². The van der Waals surface area contributed by atoms with Crippen molar-refractivity contribution in [1.82, 2.24) is 9.97 Å². The van der Waals surface area contributed by atoms with Gasteiger partial charge in [-0.1, -0.05) is 36.4 Å². The fourth-order valence-corrected chi connectivity index (χ4v) is 2.30.